The fourth-order valence-electron chi connectivity index (χ4n) is 2.47. The molecule has 2 aromatic heterocycles. The van der Waals surface area contributed by atoms with Crippen LogP contribution < -0.4 is 9.44 Å². The Morgan fingerprint density at radius 2 is 2.12 bits per heavy atom. The molecule has 136 valence electrons. The minimum absolute atomic E-state index is 0.149. The zero-order valence-electron chi connectivity index (χ0n) is 13.5. The van der Waals surface area contributed by atoms with Crippen LogP contribution in [-0.4, -0.2) is 30.7 Å². The van der Waals surface area contributed by atoms with Crippen LogP contribution in [0.25, 0.3) is 11.0 Å². The first-order valence-electron chi connectivity index (χ1n) is 7.55. The summed E-state index contributed by atoms with van der Waals surface area (Å²) in [5, 5.41) is 0.569. The highest BCUT2D eigenvalue weighted by Gasteiger charge is 2.21. The normalized spacial score (nSPS) is 11.7. The van der Waals surface area contributed by atoms with Crippen LogP contribution in [0.3, 0.4) is 0 Å². The number of benzene rings is 1. The van der Waals surface area contributed by atoms with Gasteiger partial charge in [0, 0.05) is 33.5 Å². The number of pyridine rings is 1. The Kier molecular flexibility index (Phi) is 5.25. The standard InChI is InChI=1S/C16H14FIN4O3S/c1-2-21-26(24,25)22-13-5-3-4-10(14(13)17)15(23)12-8-20-16-11(12)6-9(18)7-19-16/h3-8,21-22H,2H2,1H3,(H,19,20). The Balaban J connectivity index is 2.02. The molecule has 0 bridgehead atoms. The highest BCUT2D eigenvalue weighted by Crippen LogP contribution is 2.25. The van der Waals surface area contributed by atoms with Crippen molar-refractivity contribution >= 4 is 55.3 Å². The summed E-state index contributed by atoms with van der Waals surface area (Å²) in [6.45, 7) is 1.75. The minimum Gasteiger partial charge on any atom is -0.345 e. The molecule has 0 atom stereocenters. The van der Waals surface area contributed by atoms with E-state index in [0.29, 0.717) is 11.0 Å². The number of nitrogens with zero attached hydrogens (tertiary/aromatic N) is 1. The molecule has 0 aliphatic rings. The molecule has 7 nitrogen and oxygen atoms in total. The average Bonchev–Trinajstić information content (AvgIpc) is 2.99. The molecule has 0 unspecified atom stereocenters. The second-order valence-electron chi connectivity index (χ2n) is 5.35. The lowest BCUT2D eigenvalue weighted by Crippen LogP contribution is -2.30. The van der Waals surface area contributed by atoms with Crippen LogP contribution in [0, 0.1) is 9.39 Å². The molecule has 0 fully saturated rings. The van der Waals surface area contributed by atoms with Crippen LogP contribution in [0.4, 0.5) is 10.1 Å². The Morgan fingerprint density at radius 1 is 1.35 bits per heavy atom. The number of fused-ring (bicyclic) bond motifs is 1. The molecule has 3 aromatic rings. The zero-order valence-corrected chi connectivity index (χ0v) is 16.5. The summed E-state index contributed by atoms with van der Waals surface area (Å²) in [7, 11) is -3.91. The lowest BCUT2D eigenvalue weighted by atomic mass is 10.0. The smallest absolute Gasteiger partial charge is 0.299 e. The van der Waals surface area contributed by atoms with E-state index in [1.165, 1.54) is 24.4 Å². The number of ketones is 1. The number of hydrogen-bond donors (Lipinski definition) is 3. The second kappa shape index (κ2) is 7.29. The van der Waals surface area contributed by atoms with Gasteiger partial charge in [0.2, 0.25) is 0 Å². The molecule has 0 radical (unpaired) electrons. The van der Waals surface area contributed by atoms with Crippen molar-refractivity contribution in [3.8, 4) is 0 Å². The van der Waals surface area contributed by atoms with Crippen LogP contribution in [0.15, 0.2) is 36.7 Å². The van der Waals surface area contributed by atoms with Crippen LogP contribution >= 0.6 is 22.6 Å². The van der Waals surface area contributed by atoms with Crippen molar-refractivity contribution in [3.05, 3.63) is 57.2 Å². The van der Waals surface area contributed by atoms with Crippen molar-refractivity contribution in [1.82, 2.24) is 14.7 Å². The highest BCUT2D eigenvalue weighted by atomic mass is 127. The third-order valence-electron chi connectivity index (χ3n) is 3.56. The maximum absolute atomic E-state index is 14.8. The number of carbonyl (C=O) groups is 1. The lowest BCUT2D eigenvalue weighted by Gasteiger charge is -2.11. The first-order chi connectivity index (χ1) is 12.3. The fraction of sp³-hybridized carbons (Fsp3) is 0.125. The number of rotatable bonds is 6. The van der Waals surface area contributed by atoms with Gasteiger partial charge in [0.1, 0.15) is 5.65 Å². The van der Waals surface area contributed by atoms with Crippen molar-refractivity contribution in [1.29, 1.82) is 0 Å². The largest absolute Gasteiger partial charge is 0.345 e. The maximum atomic E-state index is 14.8. The number of anilines is 1. The van der Waals surface area contributed by atoms with Gasteiger partial charge in [-0.05, 0) is 40.8 Å². The molecule has 0 aliphatic heterocycles. The molecule has 10 heteroatoms. The summed E-state index contributed by atoms with van der Waals surface area (Å²) in [5.41, 5.74) is 0.237. The monoisotopic (exact) mass is 488 g/mol. The highest BCUT2D eigenvalue weighted by molar-refractivity contribution is 14.1. The van der Waals surface area contributed by atoms with Crippen LogP contribution in [0.1, 0.15) is 22.8 Å². The van der Waals surface area contributed by atoms with Crippen LogP contribution in [-0.2, 0) is 10.2 Å². The van der Waals surface area contributed by atoms with Gasteiger partial charge >= 0.3 is 0 Å². The molecule has 26 heavy (non-hydrogen) atoms. The van der Waals surface area contributed by atoms with E-state index in [1.54, 1.807) is 19.2 Å². The second-order valence-corrected chi connectivity index (χ2v) is 8.10. The molecule has 0 spiro atoms. The molecular weight excluding hydrogens is 474 g/mol. The minimum atomic E-state index is -3.91. The molecule has 0 saturated heterocycles. The van der Waals surface area contributed by atoms with E-state index in [-0.39, 0.29) is 23.4 Å². The van der Waals surface area contributed by atoms with Gasteiger partial charge in [-0.25, -0.2) is 9.37 Å². The summed E-state index contributed by atoms with van der Waals surface area (Å²) >= 11 is 2.07. The molecule has 3 N–H and O–H groups in total. The van der Waals surface area contributed by atoms with Gasteiger partial charge in [0.05, 0.1) is 11.3 Å². The summed E-state index contributed by atoms with van der Waals surface area (Å²) in [4.78, 5) is 19.9. The number of hydrogen-bond acceptors (Lipinski definition) is 4. The van der Waals surface area contributed by atoms with Gasteiger partial charge in [0.25, 0.3) is 10.2 Å². The third kappa shape index (κ3) is 3.71. The number of aromatic amines is 1. The number of halogens is 2. The van der Waals surface area contributed by atoms with Crippen LogP contribution in [0.5, 0.6) is 0 Å². The Morgan fingerprint density at radius 3 is 2.85 bits per heavy atom. The number of H-pyrrole nitrogens is 1. The predicted octanol–water partition coefficient (Wildman–Crippen LogP) is 2.80. The number of aromatic nitrogens is 2. The Labute approximate surface area is 162 Å². The lowest BCUT2D eigenvalue weighted by molar-refractivity contribution is 0.103. The Hall–Kier alpha value is -2.05. The molecule has 3 rings (SSSR count). The van der Waals surface area contributed by atoms with Gasteiger partial charge in [-0.15, -0.1) is 0 Å². The van der Waals surface area contributed by atoms with Gasteiger partial charge in [-0.1, -0.05) is 13.0 Å². The van der Waals surface area contributed by atoms with Gasteiger partial charge in [-0.3, -0.25) is 9.52 Å². The van der Waals surface area contributed by atoms with Gasteiger partial charge in [-0.2, -0.15) is 13.1 Å². The van der Waals surface area contributed by atoms with Gasteiger partial charge < -0.3 is 4.98 Å². The first kappa shape index (κ1) is 18.7. The molecule has 0 aliphatic carbocycles. The van der Waals surface area contributed by atoms with E-state index in [0.717, 1.165) is 3.57 Å². The van der Waals surface area contributed by atoms with E-state index in [1.807, 2.05) is 0 Å². The van der Waals surface area contributed by atoms with E-state index in [4.69, 9.17) is 0 Å². The van der Waals surface area contributed by atoms with Crippen molar-refractivity contribution in [3.63, 3.8) is 0 Å². The Bertz CT molecular complexity index is 1100. The number of nitrogens with one attached hydrogen (secondary N) is 3. The zero-order chi connectivity index (χ0) is 18.9. The van der Waals surface area contributed by atoms with Crippen molar-refractivity contribution < 1.29 is 17.6 Å². The van der Waals surface area contributed by atoms with E-state index < -0.39 is 21.8 Å². The summed E-state index contributed by atoms with van der Waals surface area (Å²) in [5.74, 6) is -1.51. The molecular formula is C16H14FIN4O3S. The van der Waals surface area contributed by atoms with E-state index in [9.17, 15) is 17.6 Å². The average molecular weight is 488 g/mol. The molecule has 2 heterocycles. The van der Waals surface area contributed by atoms with E-state index in [2.05, 4.69) is 42.0 Å². The number of carbonyl (C=O) groups excluding carboxylic acids is 1. The maximum Gasteiger partial charge on any atom is 0.299 e. The fourth-order valence-corrected chi connectivity index (χ4v) is 3.82. The predicted molar refractivity (Wildman–Crippen MR) is 105 cm³/mol. The van der Waals surface area contributed by atoms with Crippen molar-refractivity contribution in [2.45, 2.75) is 6.92 Å². The van der Waals surface area contributed by atoms with E-state index >= 15 is 0 Å². The summed E-state index contributed by atoms with van der Waals surface area (Å²) in [6.07, 6.45) is 3.11. The molecule has 0 saturated carbocycles. The molecule has 1 aromatic carbocycles. The summed E-state index contributed by atoms with van der Waals surface area (Å²) < 4.78 is 43.5. The van der Waals surface area contributed by atoms with Crippen molar-refractivity contribution in [2.75, 3.05) is 11.3 Å². The molecule has 0 amide bonds. The quantitative estimate of drug-likeness (QED) is 0.367. The summed E-state index contributed by atoms with van der Waals surface area (Å²) in [6, 6.07) is 5.74. The van der Waals surface area contributed by atoms with Crippen LogP contribution in [0.2, 0.25) is 0 Å². The topological polar surface area (TPSA) is 104 Å². The first-order valence-corrected chi connectivity index (χ1v) is 10.1. The van der Waals surface area contributed by atoms with Crippen molar-refractivity contribution in [2.24, 2.45) is 0 Å². The SMILES string of the molecule is CCNS(=O)(=O)Nc1cccc(C(=O)c2c[nH]c3ncc(I)cc23)c1F. The third-order valence-corrected chi connectivity index (χ3v) is 5.31. The van der Waals surface area contributed by atoms with Gasteiger partial charge in [0.15, 0.2) is 11.6 Å².